The quantitative estimate of drug-likeness (QED) is 0.721. The van der Waals surface area contributed by atoms with Gasteiger partial charge in [0.1, 0.15) is 23.7 Å². The topological polar surface area (TPSA) is 74.3 Å². The molecule has 0 saturated carbocycles. The summed E-state index contributed by atoms with van der Waals surface area (Å²) in [6, 6.07) is 5.84. The van der Waals surface area contributed by atoms with Gasteiger partial charge in [-0.1, -0.05) is 19.4 Å². The van der Waals surface area contributed by atoms with Crippen LogP contribution in [0.3, 0.4) is 0 Å². The van der Waals surface area contributed by atoms with E-state index in [1.807, 2.05) is 22.9 Å². The van der Waals surface area contributed by atoms with Crippen LogP contribution in [0.1, 0.15) is 43.8 Å². The highest BCUT2D eigenvalue weighted by Crippen LogP contribution is 2.28. The third-order valence-electron chi connectivity index (χ3n) is 4.49. The Hall–Kier alpha value is -2.57. The summed E-state index contributed by atoms with van der Waals surface area (Å²) < 4.78 is 4.06. The van der Waals surface area contributed by atoms with E-state index >= 15 is 0 Å². The smallest absolute Gasteiger partial charge is 0.200 e. The van der Waals surface area contributed by atoms with Crippen molar-refractivity contribution in [2.45, 2.75) is 51.6 Å². The molecular formula is C17H21N7. The Labute approximate surface area is 140 Å². The second-order valence-corrected chi connectivity index (χ2v) is 6.18. The molecule has 124 valence electrons. The van der Waals surface area contributed by atoms with Gasteiger partial charge in [-0.05, 0) is 25.0 Å². The highest BCUT2D eigenvalue weighted by atomic mass is 15.4. The maximum Gasteiger partial charge on any atom is 0.200 e. The molecule has 0 saturated heterocycles. The lowest BCUT2D eigenvalue weighted by Gasteiger charge is -2.22. The molecule has 0 bridgehead atoms. The molecule has 0 amide bonds. The van der Waals surface area contributed by atoms with Gasteiger partial charge in [-0.25, -0.2) is 19.3 Å². The zero-order chi connectivity index (χ0) is 16.4. The molecule has 0 aromatic carbocycles. The maximum absolute atomic E-state index is 4.84. The number of pyridine rings is 1. The fourth-order valence-electron chi connectivity index (χ4n) is 3.18. The molecule has 3 aromatic rings. The molecule has 1 aliphatic heterocycles. The van der Waals surface area contributed by atoms with Crippen molar-refractivity contribution >= 4 is 0 Å². The SMILES string of the molecule is CCCCn1nc(-c2ccccn2)nc1C1CCc2ncnn2C1. The normalized spacial score (nSPS) is 17.0. The molecule has 1 aliphatic rings. The van der Waals surface area contributed by atoms with E-state index in [-0.39, 0.29) is 0 Å². The molecule has 7 nitrogen and oxygen atoms in total. The lowest BCUT2D eigenvalue weighted by Crippen LogP contribution is -2.23. The van der Waals surface area contributed by atoms with Crippen molar-refractivity contribution in [3.63, 3.8) is 0 Å². The van der Waals surface area contributed by atoms with Gasteiger partial charge >= 0.3 is 0 Å². The van der Waals surface area contributed by atoms with E-state index in [9.17, 15) is 0 Å². The Bertz CT molecular complexity index is 805. The number of rotatable bonds is 5. The summed E-state index contributed by atoms with van der Waals surface area (Å²) in [7, 11) is 0. The van der Waals surface area contributed by atoms with Crippen LogP contribution < -0.4 is 0 Å². The van der Waals surface area contributed by atoms with Crippen molar-refractivity contribution in [1.29, 1.82) is 0 Å². The maximum atomic E-state index is 4.84. The molecule has 3 aromatic heterocycles. The molecule has 4 heterocycles. The van der Waals surface area contributed by atoms with Gasteiger partial charge < -0.3 is 0 Å². The van der Waals surface area contributed by atoms with E-state index in [1.165, 1.54) is 0 Å². The zero-order valence-electron chi connectivity index (χ0n) is 13.8. The highest BCUT2D eigenvalue weighted by Gasteiger charge is 2.26. The van der Waals surface area contributed by atoms with Gasteiger partial charge in [0.2, 0.25) is 0 Å². The summed E-state index contributed by atoms with van der Waals surface area (Å²) >= 11 is 0. The molecule has 0 radical (unpaired) electrons. The molecule has 1 atom stereocenters. The Kier molecular flexibility index (Phi) is 4.06. The van der Waals surface area contributed by atoms with Gasteiger partial charge in [-0.3, -0.25) is 4.98 Å². The predicted octanol–water partition coefficient (Wildman–Crippen LogP) is 2.46. The molecule has 0 N–H and O–H groups in total. The van der Waals surface area contributed by atoms with Crippen LogP contribution in [-0.2, 0) is 19.5 Å². The van der Waals surface area contributed by atoms with Crippen LogP contribution >= 0.6 is 0 Å². The van der Waals surface area contributed by atoms with Crippen molar-refractivity contribution in [3.05, 3.63) is 42.4 Å². The average Bonchev–Trinajstić information content (AvgIpc) is 3.26. The van der Waals surface area contributed by atoms with Crippen LogP contribution in [0.25, 0.3) is 11.5 Å². The first-order valence-corrected chi connectivity index (χ1v) is 8.58. The number of fused-ring (bicyclic) bond motifs is 1. The van der Waals surface area contributed by atoms with Crippen LogP contribution in [0, 0.1) is 0 Å². The van der Waals surface area contributed by atoms with E-state index in [2.05, 4.69) is 26.7 Å². The third-order valence-corrected chi connectivity index (χ3v) is 4.49. The molecule has 0 fully saturated rings. The number of hydrogen-bond acceptors (Lipinski definition) is 5. The standard InChI is InChI=1S/C17H21N7/c1-2-3-10-23-17(13-7-8-15-19-12-20-24(15)11-13)21-16(22-23)14-6-4-5-9-18-14/h4-6,9,12-13H,2-3,7-8,10-11H2,1H3. The molecule has 1 unspecified atom stereocenters. The fraction of sp³-hybridized carbons (Fsp3) is 0.471. The zero-order valence-corrected chi connectivity index (χ0v) is 13.8. The number of nitrogens with zero attached hydrogens (tertiary/aromatic N) is 7. The van der Waals surface area contributed by atoms with Crippen molar-refractivity contribution in [3.8, 4) is 11.5 Å². The molecule has 4 rings (SSSR count). The predicted molar refractivity (Wildman–Crippen MR) is 89.2 cm³/mol. The lowest BCUT2D eigenvalue weighted by molar-refractivity contribution is 0.389. The largest absolute Gasteiger partial charge is 0.253 e. The third kappa shape index (κ3) is 2.81. The van der Waals surface area contributed by atoms with Crippen LogP contribution in [0.4, 0.5) is 0 Å². The van der Waals surface area contributed by atoms with Crippen molar-refractivity contribution in [2.75, 3.05) is 0 Å². The van der Waals surface area contributed by atoms with E-state index in [4.69, 9.17) is 10.1 Å². The van der Waals surface area contributed by atoms with E-state index in [0.29, 0.717) is 11.7 Å². The first-order chi connectivity index (χ1) is 11.8. The minimum absolute atomic E-state index is 0.320. The molecule has 24 heavy (non-hydrogen) atoms. The number of hydrogen-bond donors (Lipinski definition) is 0. The summed E-state index contributed by atoms with van der Waals surface area (Å²) in [5, 5.41) is 9.06. The molecule has 0 aliphatic carbocycles. The highest BCUT2D eigenvalue weighted by molar-refractivity contribution is 5.47. The lowest BCUT2D eigenvalue weighted by atomic mass is 9.99. The Morgan fingerprint density at radius 1 is 1.25 bits per heavy atom. The van der Waals surface area contributed by atoms with Crippen LogP contribution in [-0.4, -0.2) is 34.5 Å². The molecule has 7 heteroatoms. The first-order valence-electron chi connectivity index (χ1n) is 8.58. The van der Waals surface area contributed by atoms with Crippen molar-refractivity contribution in [2.24, 2.45) is 0 Å². The van der Waals surface area contributed by atoms with Crippen LogP contribution in [0.15, 0.2) is 30.7 Å². The van der Waals surface area contributed by atoms with E-state index in [0.717, 1.165) is 56.1 Å². The van der Waals surface area contributed by atoms with Gasteiger partial charge in [0.05, 0.1) is 6.54 Å². The van der Waals surface area contributed by atoms with Gasteiger partial charge in [-0.2, -0.15) is 5.10 Å². The van der Waals surface area contributed by atoms with Crippen LogP contribution in [0.5, 0.6) is 0 Å². The number of aromatic nitrogens is 7. The first kappa shape index (κ1) is 15.0. The monoisotopic (exact) mass is 323 g/mol. The summed E-state index contributed by atoms with van der Waals surface area (Å²) in [4.78, 5) is 13.5. The number of unbranched alkanes of at least 4 members (excludes halogenated alkanes) is 1. The Morgan fingerprint density at radius 3 is 3.04 bits per heavy atom. The Balaban J connectivity index is 1.67. The van der Waals surface area contributed by atoms with Crippen molar-refractivity contribution in [1.82, 2.24) is 34.5 Å². The van der Waals surface area contributed by atoms with Gasteiger partial charge in [0, 0.05) is 25.1 Å². The van der Waals surface area contributed by atoms with Crippen molar-refractivity contribution < 1.29 is 0 Å². The van der Waals surface area contributed by atoms with E-state index in [1.54, 1.807) is 12.5 Å². The second kappa shape index (κ2) is 6.51. The summed E-state index contributed by atoms with van der Waals surface area (Å²) in [5.74, 6) is 3.15. The minimum Gasteiger partial charge on any atom is -0.253 e. The van der Waals surface area contributed by atoms with Gasteiger partial charge in [0.25, 0.3) is 0 Å². The minimum atomic E-state index is 0.320. The molecular weight excluding hydrogens is 302 g/mol. The molecule has 0 spiro atoms. The average molecular weight is 323 g/mol. The van der Waals surface area contributed by atoms with Crippen LogP contribution in [0.2, 0.25) is 0 Å². The summed E-state index contributed by atoms with van der Waals surface area (Å²) in [6.07, 6.45) is 7.62. The van der Waals surface area contributed by atoms with E-state index < -0.39 is 0 Å². The number of aryl methyl sites for hydroxylation is 2. The summed E-state index contributed by atoms with van der Waals surface area (Å²) in [6.45, 7) is 3.91. The van der Waals surface area contributed by atoms with Gasteiger partial charge in [0.15, 0.2) is 5.82 Å². The second-order valence-electron chi connectivity index (χ2n) is 6.18. The fourth-order valence-corrected chi connectivity index (χ4v) is 3.18. The Morgan fingerprint density at radius 2 is 2.21 bits per heavy atom. The summed E-state index contributed by atoms with van der Waals surface area (Å²) in [5.41, 5.74) is 0.825. The van der Waals surface area contributed by atoms with Gasteiger partial charge in [-0.15, -0.1) is 5.10 Å².